The Labute approximate surface area is 160 Å². The molecule has 2 unspecified atom stereocenters. The number of carboxylic acids is 1. The molecule has 28 heavy (non-hydrogen) atoms. The largest absolute Gasteiger partial charge is 0.480 e. The smallest absolute Gasteiger partial charge is 0.410 e. The Morgan fingerprint density at radius 1 is 1.04 bits per heavy atom. The fraction of sp³-hybridized carbons (Fsp3) is 0.333. The second kappa shape index (κ2) is 7.22. The lowest BCUT2D eigenvalue weighted by Gasteiger charge is -2.27. The van der Waals surface area contributed by atoms with Gasteiger partial charge in [-0.3, -0.25) is 4.90 Å². The van der Waals surface area contributed by atoms with Crippen LogP contribution in [0.2, 0.25) is 0 Å². The zero-order valence-electron chi connectivity index (χ0n) is 14.9. The number of rotatable bonds is 4. The molecule has 1 saturated heterocycles. The van der Waals surface area contributed by atoms with Crippen LogP contribution in [0.3, 0.4) is 0 Å². The maximum Gasteiger partial charge on any atom is 0.410 e. The van der Waals surface area contributed by atoms with E-state index in [0.717, 1.165) is 22.3 Å². The van der Waals surface area contributed by atoms with Gasteiger partial charge in [0.25, 0.3) is 6.43 Å². The van der Waals surface area contributed by atoms with Crippen molar-refractivity contribution in [2.75, 3.05) is 6.61 Å². The van der Waals surface area contributed by atoms with Gasteiger partial charge >= 0.3 is 12.1 Å². The Balaban J connectivity index is 1.56. The normalized spacial score (nSPS) is 20.9. The van der Waals surface area contributed by atoms with Gasteiger partial charge in [0.1, 0.15) is 12.6 Å². The summed E-state index contributed by atoms with van der Waals surface area (Å²) in [5.41, 5.74) is 4.10. The average molecular weight is 387 g/mol. The second-order valence-electron chi connectivity index (χ2n) is 7.04. The Hall–Kier alpha value is -2.96. The molecule has 2 aromatic rings. The van der Waals surface area contributed by atoms with Gasteiger partial charge in [-0.05, 0) is 35.1 Å². The Morgan fingerprint density at radius 3 is 2.14 bits per heavy atom. The van der Waals surface area contributed by atoms with Gasteiger partial charge in [0.15, 0.2) is 0 Å². The molecule has 0 aromatic heterocycles. The topological polar surface area (TPSA) is 66.8 Å². The first kappa shape index (κ1) is 18.4. The van der Waals surface area contributed by atoms with Crippen LogP contribution in [0.25, 0.3) is 11.1 Å². The molecule has 1 N–H and O–H groups in total. The fourth-order valence-corrected chi connectivity index (χ4v) is 4.26. The van der Waals surface area contributed by atoms with Crippen molar-refractivity contribution in [2.24, 2.45) is 0 Å². The molecule has 146 valence electrons. The van der Waals surface area contributed by atoms with Gasteiger partial charge in [0.2, 0.25) is 0 Å². The molecule has 2 aliphatic rings. The maximum absolute atomic E-state index is 13.3. The van der Waals surface area contributed by atoms with Crippen molar-refractivity contribution < 1.29 is 28.2 Å². The molecule has 5 nitrogen and oxygen atoms in total. The summed E-state index contributed by atoms with van der Waals surface area (Å²) in [7, 11) is 0. The zero-order chi connectivity index (χ0) is 19.8. The molecular weight excluding hydrogens is 368 g/mol. The molecule has 4 rings (SSSR count). The van der Waals surface area contributed by atoms with Crippen molar-refractivity contribution in [3.63, 3.8) is 0 Å². The highest BCUT2D eigenvalue weighted by Crippen LogP contribution is 2.44. The van der Waals surface area contributed by atoms with Crippen LogP contribution in [-0.4, -0.2) is 47.2 Å². The van der Waals surface area contributed by atoms with E-state index in [0.29, 0.717) is 4.90 Å². The number of amides is 1. The third kappa shape index (κ3) is 3.00. The van der Waals surface area contributed by atoms with E-state index in [1.54, 1.807) is 0 Å². The summed E-state index contributed by atoms with van der Waals surface area (Å²) in [5.74, 6) is -1.51. The highest BCUT2D eigenvalue weighted by atomic mass is 19.3. The predicted molar refractivity (Wildman–Crippen MR) is 97.4 cm³/mol. The number of halogens is 2. The summed E-state index contributed by atoms with van der Waals surface area (Å²) in [6.07, 6.45) is -3.88. The van der Waals surface area contributed by atoms with E-state index in [-0.39, 0.29) is 25.4 Å². The number of carbonyl (C=O) groups excluding carboxylic acids is 1. The molecule has 0 radical (unpaired) electrons. The number of alkyl halides is 2. The van der Waals surface area contributed by atoms with Crippen molar-refractivity contribution in [1.29, 1.82) is 0 Å². The summed E-state index contributed by atoms with van der Waals surface area (Å²) >= 11 is 0. The van der Waals surface area contributed by atoms with Gasteiger partial charge < -0.3 is 9.84 Å². The van der Waals surface area contributed by atoms with Gasteiger partial charge in [-0.1, -0.05) is 48.5 Å². The lowest BCUT2D eigenvalue weighted by molar-refractivity contribution is -0.142. The van der Waals surface area contributed by atoms with Crippen LogP contribution in [0.5, 0.6) is 0 Å². The van der Waals surface area contributed by atoms with Crippen molar-refractivity contribution in [1.82, 2.24) is 4.90 Å². The molecule has 0 saturated carbocycles. The standard InChI is InChI=1S/C21H19F2NO4/c22-19(23)17-9-10-18(20(25)26)24(17)21(27)28-11-16-14-7-3-1-5-12(14)13-6-2-4-8-15(13)16/h1-8,16-19H,9-11H2,(H,25,26). The Kier molecular flexibility index (Phi) is 4.75. The van der Waals surface area contributed by atoms with Crippen LogP contribution >= 0.6 is 0 Å². The number of carboxylic acid groups (broad SMARTS) is 1. The molecule has 1 amide bonds. The van der Waals surface area contributed by atoms with E-state index >= 15 is 0 Å². The van der Waals surface area contributed by atoms with Crippen LogP contribution in [0, 0.1) is 0 Å². The number of aliphatic carboxylic acids is 1. The van der Waals surface area contributed by atoms with E-state index in [9.17, 15) is 23.5 Å². The van der Waals surface area contributed by atoms with Crippen LogP contribution in [-0.2, 0) is 9.53 Å². The number of benzene rings is 2. The monoisotopic (exact) mass is 387 g/mol. The third-order valence-corrected chi connectivity index (χ3v) is 5.55. The minimum absolute atomic E-state index is 0.00542. The minimum atomic E-state index is -2.81. The minimum Gasteiger partial charge on any atom is -0.480 e. The van der Waals surface area contributed by atoms with E-state index in [1.807, 2.05) is 48.5 Å². The third-order valence-electron chi connectivity index (χ3n) is 5.55. The number of likely N-dealkylation sites (tertiary alicyclic amines) is 1. The zero-order valence-corrected chi connectivity index (χ0v) is 14.9. The number of ether oxygens (including phenoxy) is 1. The highest BCUT2D eigenvalue weighted by molar-refractivity contribution is 5.82. The second-order valence-corrected chi connectivity index (χ2v) is 7.04. The molecule has 1 heterocycles. The molecule has 1 fully saturated rings. The number of fused-ring (bicyclic) bond motifs is 3. The first-order chi connectivity index (χ1) is 13.5. The molecule has 1 aliphatic heterocycles. The number of carbonyl (C=O) groups is 2. The van der Waals surface area contributed by atoms with Gasteiger partial charge in [0, 0.05) is 5.92 Å². The lowest BCUT2D eigenvalue weighted by Crippen LogP contribution is -2.48. The number of hydrogen-bond donors (Lipinski definition) is 1. The van der Waals surface area contributed by atoms with Crippen molar-refractivity contribution in [2.45, 2.75) is 37.3 Å². The summed E-state index contributed by atoms with van der Waals surface area (Å²) < 4.78 is 31.9. The molecule has 7 heteroatoms. The molecule has 0 bridgehead atoms. The molecular formula is C21H19F2NO4. The highest BCUT2D eigenvalue weighted by Gasteiger charge is 2.46. The van der Waals surface area contributed by atoms with Crippen LogP contribution < -0.4 is 0 Å². The molecule has 0 spiro atoms. The average Bonchev–Trinajstić information content (AvgIpc) is 3.27. The fourth-order valence-electron chi connectivity index (χ4n) is 4.26. The SMILES string of the molecule is O=C(O)C1CCC(C(F)F)N1C(=O)OCC1c2ccccc2-c2ccccc21. The van der Waals surface area contributed by atoms with Gasteiger partial charge in [-0.15, -0.1) is 0 Å². The summed E-state index contributed by atoms with van der Waals surface area (Å²) in [5, 5.41) is 9.28. The maximum atomic E-state index is 13.3. The Bertz CT molecular complexity index is 871. The Morgan fingerprint density at radius 2 is 1.61 bits per heavy atom. The van der Waals surface area contributed by atoms with Gasteiger partial charge in [-0.25, -0.2) is 18.4 Å². The summed E-state index contributed by atoms with van der Waals surface area (Å²) in [6, 6.07) is 12.8. The first-order valence-electron chi connectivity index (χ1n) is 9.13. The van der Waals surface area contributed by atoms with Gasteiger partial charge in [0.05, 0.1) is 6.04 Å². The van der Waals surface area contributed by atoms with E-state index in [2.05, 4.69) is 0 Å². The van der Waals surface area contributed by atoms with E-state index < -0.39 is 30.6 Å². The number of hydrogen-bond acceptors (Lipinski definition) is 3. The number of nitrogens with zero attached hydrogens (tertiary/aromatic N) is 1. The lowest BCUT2D eigenvalue weighted by atomic mass is 9.98. The summed E-state index contributed by atoms with van der Waals surface area (Å²) in [6.45, 7) is -0.0361. The van der Waals surface area contributed by atoms with Crippen LogP contribution in [0.1, 0.15) is 29.9 Å². The summed E-state index contributed by atoms with van der Waals surface area (Å²) in [4.78, 5) is 24.6. The first-order valence-corrected chi connectivity index (χ1v) is 9.13. The van der Waals surface area contributed by atoms with E-state index in [1.165, 1.54) is 0 Å². The van der Waals surface area contributed by atoms with Crippen LogP contribution in [0.15, 0.2) is 48.5 Å². The van der Waals surface area contributed by atoms with E-state index in [4.69, 9.17) is 4.74 Å². The van der Waals surface area contributed by atoms with Crippen LogP contribution in [0.4, 0.5) is 13.6 Å². The molecule has 2 aromatic carbocycles. The van der Waals surface area contributed by atoms with Crippen molar-refractivity contribution >= 4 is 12.1 Å². The quantitative estimate of drug-likeness (QED) is 0.857. The van der Waals surface area contributed by atoms with Crippen molar-refractivity contribution in [3.05, 3.63) is 59.7 Å². The van der Waals surface area contributed by atoms with Gasteiger partial charge in [-0.2, -0.15) is 0 Å². The molecule has 2 atom stereocenters. The predicted octanol–water partition coefficient (Wildman–Crippen LogP) is 4.12. The van der Waals surface area contributed by atoms with Crippen molar-refractivity contribution in [3.8, 4) is 11.1 Å². The molecule has 1 aliphatic carbocycles.